The van der Waals surface area contributed by atoms with Crippen LogP contribution in [-0.2, 0) is 0 Å². The fourth-order valence-electron chi connectivity index (χ4n) is 5.09. The second kappa shape index (κ2) is 2.52. The molecule has 0 aromatic rings. The third-order valence-electron chi connectivity index (χ3n) is 5.27. The molecular formula is C13H24. The van der Waals surface area contributed by atoms with Gasteiger partial charge >= 0.3 is 0 Å². The van der Waals surface area contributed by atoms with E-state index in [2.05, 4.69) is 34.6 Å². The molecule has 4 unspecified atom stereocenters. The summed E-state index contributed by atoms with van der Waals surface area (Å²) in [5, 5.41) is 0. The largest absolute Gasteiger partial charge is 0.0651 e. The van der Waals surface area contributed by atoms with E-state index in [0.717, 1.165) is 28.6 Å². The summed E-state index contributed by atoms with van der Waals surface area (Å²) in [4.78, 5) is 0. The lowest BCUT2D eigenvalue weighted by Gasteiger charge is -2.21. The van der Waals surface area contributed by atoms with Crippen LogP contribution in [0.5, 0.6) is 0 Å². The number of hydrogen-bond acceptors (Lipinski definition) is 0. The van der Waals surface area contributed by atoms with Gasteiger partial charge in [-0.3, -0.25) is 0 Å². The molecule has 76 valence electrons. The Morgan fingerprint density at radius 2 is 1.92 bits per heavy atom. The van der Waals surface area contributed by atoms with Crippen molar-refractivity contribution in [2.75, 3.05) is 0 Å². The maximum absolute atomic E-state index is 2.55. The van der Waals surface area contributed by atoms with Gasteiger partial charge in [0, 0.05) is 0 Å². The van der Waals surface area contributed by atoms with Crippen LogP contribution < -0.4 is 0 Å². The van der Waals surface area contributed by atoms with Gasteiger partial charge in [-0.2, -0.15) is 0 Å². The van der Waals surface area contributed by atoms with Gasteiger partial charge in [0.15, 0.2) is 0 Å². The highest BCUT2D eigenvalue weighted by atomic mass is 14.8. The molecular weight excluding hydrogens is 156 g/mol. The quantitative estimate of drug-likeness (QED) is 0.600. The molecule has 2 aliphatic carbocycles. The van der Waals surface area contributed by atoms with Crippen LogP contribution in [0.3, 0.4) is 0 Å². The SMILES string of the molecule is CCC1C2(C)CC(C)CC12C(C)C. The van der Waals surface area contributed by atoms with Crippen LogP contribution in [0, 0.1) is 28.6 Å². The summed E-state index contributed by atoms with van der Waals surface area (Å²) >= 11 is 0. The summed E-state index contributed by atoms with van der Waals surface area (Å²) < 4.78 is 0. The predicted octanol–water partition coefficient (Wildman–Crippen LogP) is 4.10. The van der Waals surface area contributed by atoms with Gasteiger partial charge in [0.1, 0.15) is 0 Å². The third-order valence-corrected chi connectivity index (χ3v) is 5.27. The zero-order chi connectivity index (χ0) is 9.85. The van der Waals surface area contributed by atoms with Gasteiger partial charge in [0.05, 0.1) is 0 Å². The second-order valence-electron chi connectivity index (χ2n) is 6.09. The Kier molecular flexibility index (Phi) is 1.85. The van der Waals surface area contributed by atoms with Crippen molar-refractivity contribution < 1.29 is 0 Å². The van der Waals surface area contributed by atoms with Crippen molar-refractivity contribution in [3.63, 3.8) is 0 Å². The van der Waals surface area contributed by atoms with Crippen molar-refractivity contribution in [3.05, 3.63) is 0 Å². The summed E-state index contributed by atoms with van der Waals surface area (Å²) in [5.74, 6) is 2.92. The van der Waals surface area contributed by atoms with Crippen LogP contribution in [0.4, 0.5) is 0 Å². The normalized spacial score (nSPS) is 54.0. The first-order valence-corrected chi connectivity index (χ1v) is 5.99. The molecule has 0 nitrogen and oxygen atoms in total. The van der Waals surface area contributed by atoms with Crippen LogP contribution in [-0.4, -0.2) is 0 Å². The molecule has 0 saturated heterocycles. The average Bonchev–Trinajstić information content (AvgIpc) is 2.36. The van der Waals surface area contributed by atoms with E-state index >= 15 is 0 Å². The molecule has 0 bridgehead atoms. The van der Waals surface area contributed by atoms with Crippen molar-refractivity contribution in [2.24, 2.45) is 28.6 Å². The Labute approximate surface area is 83.1 Å². The first-order chi connectivity index (χ1) is 5.99. The Bertz CT molecular complexity index is 218. The molecule has 2 aliphatic rings. The van der Waals surface area contributed by atoms with Crippen molar-refractivity contribution in [1.29, 1.82) is 0 Å². The minimum Gasteiger partial charge on any atom is -0.0651 e. The standard InChI is InChI=1S/C13H24/c1-6-11-12(5)7-10(4)8-13(11,12)9(2)3/h9-11H,6-8H2,1-5H3. The maximum atomic E-state index is 2.55. The van der Waals surface area contributed by atoms with E-state index in [1.807, 2.05) is 0 Å². The van der Waals surface area contributed by atoms with Crippen molar-refractivity contribution in [1.82, 2.24) is 0 Å². The number of hydrogen-bond donors (Lipinski definition) is 0. The molecule has 2 rings (SSSR count). The van der Waals surface area contributed by atoms with Crippen molar-refractivity contribution >= 4 is 0 Å². The Morgan fingerprint density at radius 1 is 1.31 bits per heavy atom. The van der Waals surface area contributed by atoms with Crippen LogP contribution in [0.1, 0.15) is 53.9 Å². The summed E-state index contributed by atoms with van der Waals surface area (Å²) in [5.41, 5.74) is 1.45. The lowest BCUT2D eigenvalue weighted by molar-refractivity contribution is 0.276. The zero-order valence-electron chi connectivity index (χ0n) is 9.85. The molecule has 0 N–H and O–H groups in total. The predicted molar refractivity (Wildman–Crippen MR) is 57.6 cm³/mol. The third kappa shape index (κ3) is 0.877. The molecule has 4 atom stereocenters. The van der Waals surface area contributed by atoms with Gasteiger partial charge in [-0.25, -0.2) is 0 Å². The van der Waals surface area contributed by atoms with E-state index < -0.39 is 0 Å². The average molecular weight is 180 g/mol. The molecule has 0 aliphatic heterocycles. The highest BCUT2D eigenvalue weighted by molar-refractivity contribution is 5.23. The molecule has 0 spiro atoms. The zero-order valence-corrected chi connectivity index (χ0v) is 9.85. The van der Waals surface area contributed by atoms with E-state index in [1.54, 1.807) is 0 Å². The first kappa shape index (κ1) is 9.55. The fraction of sp³-hybridized carbons (Fsp3) is 1.00. The van der Waals surface area contributed by atoms with Gasteiger partial charge in [-0.05, 0) is 41.4 Å². The van der Waals surface area contributed by atoms with Crippen LogP contribution in [0.15, 0.2) is 0 Å². The van der Waals surface area contributed by atoms with E-state index in [9.17, 15) is 0 Å². The number of rotatable bonds is 2. The maximum Gasteiger partial charge on any atom is -0.0182 e. The molecule has 0 aromatic carbocycles. The Morgan fingerprint density at radius 3 is 2.31 bits per heavy atom. The molecule has 2 fully saturated rings. The lowest BCUT2D eigenvalue weighted by atomic mass is 9.84. The second-order valence-corrected chi connectivity index (χ2v) is 6.09. The minimum absolute atomic E-state index is 0.718. The van der Waals surface area contributed by atoms with Gasteiger partial charge in [-0.15, -0.1) is 0 Å². The molecule has 0 aromatic heterocycles. The lowest BCUT2D eigenvalue weighted by Crippen LogP contribution is -2.14. The van der Waals surface area contributed by atoms with Crippen molar-refractivity contribution in [3.8, 4) is 0 Å². The van der Waals surface area contributed by atoms with Crippen molar-refractivity contribution in [2.45, 2.75) is 53.9 Å². The highest BCUT2D eigenvalue weighted by Gasteiger charge is 2.76. The molecule has 13 heavy (non-hydrogen) atoms. The monoisotopic (exact) mass is 180 g/mol. The Balaban J connectivity index is 2.26. The van der Waals surface area contributed by atoms with Gasteiger partial charge < -0.3 is 0 Å². The molecule has 0 heteroatoms. The first-order valence-electron chi connectivity index (χ1n) is 5.99. The summed E-state index contributed by atoms with van der Waals surface area (Å²) in [6.07, 6.45) is 4.39. The molecule has 0 heterocycles. The van der Waals surface area contributed by atoms with Gasteiger partial charge in [0.2, 0.25) is 0 Å². The van der Waals surface area contributed by atoms with Crippen LogP contribution >= 0.6 is 0 Å². The van der Waals surface area contributed by atoms with Crippen LogP contribution in [0.2, 0.25) is 0 Å². The molecule has 2 saturated carbocycles. The molecule has 0 amide bonds. The minimum atomic E-state index is 0.718. The van der Waals surface area contributed by atoms with E-state index in [-0.39, 0.29) is 0 Å². The summed E-state index contributed by atoms with van der Waals surface area (Å²) in [7, 11) is 0. The topological polar surface area (TPSA) is 0 Å². The molecule has 0 radical (unpaired) electrons. The van der Waals surface area contributed by atoms with E-state index in [1.165, 1.54) is 19.3 Å². The van der Waals surface area contributed by atoms with Gasteiger partial charge in [-0.1, -0.05) is 41.0 Å². The number of fused-ring (bicyclic) bond motifs is 1. The van der Waals surface area contributed by atoms with Gasteiger partial charge in [0.25, 0.3) is 0 Å². The van der Waals surface area contributed by atoms with Crippen LogP contribution in [0.25, 0.3) is 0 Å². The summed E-state index contributed by atoms with van der Waals surface area (Å²) in [6, 6.07) is 0. The highest BCUT2D eigenvalue weighted by Crippen LogP contribution is 2.82. The fourth-order valence-corrected chi connectivity index (χ4v) is 5.09. The van der Waals surface area contributed by atoms with E-state index in [0.29, 0.717) is 0 Å². The Hall–Kier alpha value is 0. The van der Waals surface area contributed by atoms with E-state index in [4.69, 9.17) is 0 Å². The summed E-state index contributed by atoms with van der Waals surface area (Å²) in [6.45, 7) is 12.2. The smallest absolute Gasteiger partial charge is 0.0182 e.